The van der Waals surface area contributed by atoms with Crippen molar-refractivity contribution < 1.29 is 4.74 Å². The molecule has 23 heavy (non-hydrogen) atoms. The summed E-state index contributed by atoms with van der Waals surface area (Å²) in [5.74, 6) is 0.595. The second-order valence-corrected chi connectivity index (χ2v) is 6.93. The molecule has 0 bridgehead atoms. The first-order valence-corrected chi connectivity index (χ1v) is 8.94. The fraction of sp³-hybridized carbons (Fsp3) is 0.667. The summed E-state index contributed by atoms with van der Waals surface area (Å²) in [6.07, 6.45) is 8.07. The lowest BCUT2D eigenvalue weighted by Gasteiger charge is -2.37. The van der Waals surface area contributed by atoms with E-state index in [-0.39, 0.29) is 0 Å². The molecule has 2 aromatic rings. The fourth-order valence-electron chi connectivity index (χ4n) is 4.15. The van der Waals surface area contributed by atoms with Crippen molar-refractivity contribution in [2.24, 2.45) is 0 Å². The molecule has 4 rings (SSSR count). The van der Waals surface area contributed by atoms with Crippen LogP contribution in [0.4, 0.5) is 0 Å². The van der Waals surface area contributed by atoms with Gasteiger partial charge in [0.25, 0.3) is 0 Å². The lowest BCUT2D eigenvalue weighted by molar-refractivity contribution is 0.115. The quantitative estimate of drug-likeness (QED) is 0.855. The number of aryl methyl sites for hydroxylation is 1. The van der Waals surface area contributed by atoms with E-state index in [0.29, 0.717) is 5.92 Å². The number of hydrogen-bond acceptors (Lipinski definition) is 4. The van der Waals surface area contributed by atoms with Gasteiger partial charge in [-0.1, -0.05) is 0 Å². The van der Waals surface area contributed by atoms with Crippen LogP contribution in [0.5, 0.6) is 0 Å². The minimum atomic E-state index is 0.595. The van der Waals surface area contributed by atoms with Crippen molar-refractivity contribution in [3.05, 3.63) is 29.7 Å². The Morgan fingerprint density at radius 2 is 2.00 bits per heavy atom. The summed E-state index contributed by atoms with van der Waals surface area (Å²) in [4.78, 5) is 7.12. The highest BCUT2D eigenvalue weighted by Gasteiger charge is 2.27. The molecule has 0 spiro atoms. The molecule has 5 nitrogen and oxygen atoms in total. The maximum absolute atomic E-state index is 5.61. The number of aromatic nitrogens is 3. The van der Waals surface area contributed by atoms with Gasteiger partial charge in [-0.25, -0.2) is 9.50 Å². The Kier molecular flexibility index (Phi) is 4.31. The van der Waals surface area contributed by atoms with E-state index >= 15 is 0 Å². The Hall–Kier alpha value is -1.46. The van der Waals surface area contributed by atoms with Gasteiger partial charge in [-0.2, -0.15) is 5.10 Å². The minimum absolute atomic E-state index is 0.595. The van der Waals surface area contributed by atoms with Crippen LogP contribution in [0, 0.1) is 6.92 Å². The van der Waals surface area contributed by atoms with E-state index in [0.717, 1.165) is 30.6 Å². The summed E-state index contributed by atoms with van der Waals surface area (Å²) in [6.45, 7) is 6.30. The summed E-state index contributed by atoms with van der Waals surface area (Å²) in [7, 11) is 0. The zero-order valence-corrected chi connectivity index (χ0v) is 13.9. The smallest absolute Gasteiger partial charge is 0.155 e. The topological polar surface area (TPSA) is 42.7 Å². The molecule has 2 aromatic heterocycles. The van der Waals surface area contributed by atoms with Gasteiger partial charge in [0.1, 0.15) is 0 Å². The van der Waals surface area contributed by atoms with Gasteiger partial charge in [-0.15, -0.1) is 0 Å². The van der Waals surface area contributed by atoms with Crippen LogP contribution in [-0.2, 0) is 4.74 Å². The summed E-state index contributed by atoms with van der Waals surface area (Å²) < 4.78 is 7.66. The molecule has 2 saturated heterocycles. The Labute approximate surface area is 137 Å². The number of likely N-dealkylation sites (tertiary alicyclic amines) is 1. The third-order valence-corrected chi connectivity index (χ3v) is 5.40. The molecule has 0 unspecified atom stereocenters. The van der Waals surface area contributed by atoms with Crippen LogP contribution in [0.3, 0.4) is 0 Å². The molecule has 0 saturated carbocycles. The van der Waals surface area contributed by atoms with Crippen LogP contribution in [0.15, 0.2) is 18.3 Å². The molecule has 2 aliphatic rings. The largest absolute Gasteiger partial charge is 0.381 e. The van der Waals surface area contributed by atoms with Crippen LogP contribution in [-0.4, -0.2) is 51.8 Å². The highest BCUT2D eigenvalue weighted by atomic mass is 16.5. The highest BCUT2D eigenvalue weighted by molar-refractivity contribution is 5.40. The number of hydrogen-bond donors (Lipinski definition) is 0. The van der Waals surface area contributed by atoms with Crippen molar-refractivity contribution >= 4 is 5.65 Å². The van der Waals surface area contributed by atoms with Gasteiger partial charge in [0.2, 0.25) is 0 Å². The average Bonchev–Trinajstić information content (AvgIpc) is 2.79. The summed E-state index contributed by atoms with van der Waals surface area (Å²) >= 11 is 0. The first-order valence-electron chi connectivity index (χ1n) is 8.94. The molecule has 4 heterocycles. The van der Waals surface area contributed by atoms with Gasteiger partial charge >= 0.3 is 0 Å². The number of ether oxygens (including phenoxy) is 1. The third-order valence-electron chi connectivity index (χ3n) is 5.40. The van der Waals surface area contributed by atoms with Gasteiger partial charge in [0, 0.05) is 43.1 Å². The Morgan fingerprint density at radius 1 is 1.13 bits per heavy atom. The molecule has 1 atom stereocenters. The fourth-order valence-corrected chi connectivity index (χ4v) is 4.15. The SMILES string of the molecule is Cc1cc2nccc(C3CCN([C@H]4CCCOCC4)CC3)n2n1. The second-order valence-electron chi connectivity index (χ2n) is 6.93. The predicted octanol–water partition coefficient (Wildman–Crippen LogP) is 2.79. The van der Waals surface area contributed by atoms with E-state index in [1.165, 1.54) is 50.9 Å². The van der Waals surface area contributed by atoms with Crippen LogP contribution < -0.4 is 0 Å². The number of fused-ring (bicyclic) bond motifs is 1. The monoisotopic (exact) mass is 314 g/mol. The average molecular weight is 314 g/mol. The predicted molar refractivity (Wildman–Crippen MR) is 89.7 cm³/mol. The maximum Gasteiger partial charge on any atom is 0.155 e. The van der Waals surface area contributed by atoms with E-state index in [1.807, 2.05) is 13.1 Å². The van der Waals surface area contributed by atoms with E-state index < -0.39 is 0 Å². The van der Waals surface area contributed by atoms with Gasteiger partial charge in [-0.05, 0) is 58.2 Å². The highest BCUT2D eigenvalue weighted by Crippen LogP contribution is 2.30. The van der Waals surface area contributed by atoms with Gasteiger partial charge in [0.15, 0.2) is 5.65 Å². The van der Waals surface area contributed by atoms with E-state index in [1.54, 1.807) is 0 Å². The number of piperidine rings is 1. The minimum Gasteiger partial charge on any atom is -0.381 e. The lowest BCUT2D eigenvalue weighted by atomic mass is 9.91. The number of nitrogens with zero attached hydrogens (tertiary/aromatic N) is 4. The van der Waals surface area contributed by atoms with Crippen molar-refractivity contribution in [3.63, 3.8) is 0 Å². The normalized spacial score (nSPS) is 24.8. The van der Waals surface area contributed by atoms with Gasteiger partial charge in [-0.3, -0.25) is 0 Å². The van der Waals surface area contributed by atoms with Crippen molar-refractivity contribution in [1.29, 1.82) is 0 Å². The Morgan fingerprint density at radius 3 is 2.87 bits per heavy atom. The molecule has 124 valence electrons. The van der Waals surface area contributed by atoms with Crippen molar-refractivity contribution in [3.8, 4) is 0 Å². The standard InChI is InChI=1S/C18H26N4O/c1-14-13-18-19-8-4-17(22(18)20-14)15-5-9-21(10-6-15)16-3-2-11-23-12-7-16/h4,8,13,15-16H,2-3,5-7,9-12H2,1H3/t16-/m0/s1. The van der Waals surface area contributed by atoms with Crippen LogP contribution >= 0.6 is 0 Å². The lowest BCUT2D eigenvalue weighted by Crippen LogP contribution is -2.41. The van der Waals surface area contributed by atoms with Gasteiger partial charge < -0.3 is 9.64 Å². The van der Waals surface area contributed by atoms with E-state index in [2.05, 4.69) is 31.6 Å². The van der Waals surface area contributed by atoms with E-state index in [4.69, 9.17) is 4.74 Å². The molecule has 2 fully saturated rings. The third kappa shape index (κ3) is 3.12. The van der Waals surface area contributed by atoms with Crippen LogP contribution in [0.1, 0.15) is 49.4 Å². The first-order chi connectivity index (χ1) is 11.3. The summed E-state index contributed by atoms with van der Waals surface area (Å²) in [5, 5.41) is 4.63. The number of rotatable bonds is 2. The zero-order chi connectivity index (χ0) is 15.6. The molecule has 0 radical (unpaired) electrons. The molecule has 5 heteroatoms. The molecular weight excluding hydrogens is 288 g/mol. The maximum atomic E-state index is 5.61. The van der Waals surface area contributed by atoms with Crippen molar-refractivity contribution in [1.82, 2.24) is 19.5 Å². The molecular formula is C18H26N4O. The molecule has 0 aliphatic carbocycles. The second kappa shape index (κ2) is 6.57. The van der Waals surface area contributed by atoms with Crippen LogP contribution in [0.2, 0.25) is 0 Å². The van der Waals surface area contributed by atoms with Crippen LogP contribution in [0.25, 0.3) is 5.65 Å². The van der Waals surface area contributed by atoms with Gasteiger partial charge in [0.05, 0.1) is 5.69 Å². The van der Waals surface area contributed by atoms with Crippen molar-refractivity contribution in [2.45, 2.75) is 51.0 Å². The summed E-state index contributed by atoms with van der Waals surface area (Å²) in [5.41, 5.74) is 3.34. The molecule has 0 N–H and O–H groups in total. The van der Waals surface area contributed by atoms with Crippen molar-refractivity contribution in [2.75, 3.05) is 26.3 Å². The summed E-state index contributed by atoms with van der Waals surface area (Å²) in [6, 6.07) is 4.94. The molecule has 0 aromatic carbocycles. The van der Waals surface area contributed by atoms with E-state index in [9.17, 15) is 0 Å². The molecule has 2 aliphatic heterocycles. The Balaban J connectivity index is 1.46. The first kappa shape index (κ1) is 15.1. The molecule has 0 amide bonds. The Bertz CT molecular complexity index is 652. The zero-order valence-electron chi connectivity index (χ0n) is 13.9.